The van der Waals surface area contributed by atoms with Crippen LogP contribution >= 0.6 is 0 Å². The van der Waals surface area contributed by atoms with Crippen LogP contribution in [0.2, 0.25) is 0 Å². The highest BCUT2D eigenvalue weighted by Gasteiger charge is 2.28. The van der Waals surface area contributed by atoms with Crippen LogP contribution in [0.4, 0.5) is 5.69 Å². The molecule has 0 spiro atoms. The van der Waals surface area contributed by atoms with E-state index in [0.717, 1.165) is 24.0 Å². The van der Waals surface area contributed by atoms with E-state index in [2.05, 4.69) is 12.2 Å². The molecule has 0 aliphatic heterocycles. The Morgan fingerprint density at radius 2 is 1.75 bits per heavy atom. The fourth-order valence-electron chi connectivity index (χ4n) is 3.20. The van der Waals surface area contributed by atoms with Crippen molar-refractivity contribution in [2.45, 2.75) is 46.5 Å². The maximum Gasteiger partial charge on any atom is 0.340 e. The predicted molar refractivity (Wildman–Crippen MR) is 106 cm³/mol. The summed E-state index contributed by atoms with van der Waals surface area (Å²) in [6, 6.07) is 7.09. The van der Waals surface area contributed by atoms with Gasteiger partial charge in [0.05, 0.1) is 24.3 Å². The second kappa shape index (κ2) is 9.85. The number of rotatable bonds is 8. The van der Waals surface area contributed by atoms with Crippen LogP contribution in [0.15, 0.2) is 24.3 Å². The molecule has 0 heterocycles. The van der Waals surface area contributed by atoms with Crippen molar-refractivity contribution in [2.24, 2.45) is 0 Å². The van der Waals surface area contributed by atoms with E-state index in [1.165, 1.54) is 6.92 Å². The van der Waals surface area contributed by atoms with E-state index < -0.39 is 11.9 Å². The molecule has 0 aromatic heterocycles. The SMILES string of the molecule is CCCCc1c2ccc(CC(=O)NO)ccc-2c(C(=O)OCC)c1NC(C)=O. The first-order valence-electron chi connectivity index (χ1n) is 9.38. The molecular formula is C21H26N2O5. The maximum atomic E-state index is 12.7. The molecule has 0 bridgehead atoms. The summed E-state index contributed by atoms with van der Waals surface area (Å²) in [5.41, 5.74) is 5.48. The van der Waals surface area contributed by atoms with Crippen LogP contribution in [0.3, 0.4) is 0 Å². The van der Waals surface area contributed by atoms with Crippen molar-refractivity contribution in [3.05, 3.63) is 41.0 Å². The van der Waals surface area contributed by atoms with Crippen molar-refractivity contribution in [3.8, 4) is 11.1 Å². The number of carbonyl (C=O) groups is 3. The van der Waals surface area contributed by atoms with Gasteiger partial charge in [-0.25, -0.2) is 10.3 Å². The van der Waals surface area contributed by atoms with Crippen molar-refractivity contribution < 1.29 is 24.3 Å². The van der Waals surface area contributed by atoms with Gasteiger partial charge in [0.15, 0.2) is 0 Å². The van der Waals surface area contributed by atoms with E-state index >= 15 is 0 Å². The summed E-state index contributed by atoms with van der Waals surface area (Å²) >= 11 is 0. The van der Waals surface area contributed by atoms with Crippen molar-refractivity contribution in [3.63, 3.8) is 0 Å². The first kappa shape index (κ1) is 21.4. The lowest BCUT2D eigenvalue weighted by Gasteiger charge is -2.08. The van der Waals surface area contributed by atoms with Crippen molar-refractivity contribution in [2.75, 3.05) is 11.9 Å². The summed E-state index contributed by atoms with van der Waals surface area (Å²) in [4.78, 5) is 36.0. The molecule has 0 unspecified atom stereocenters. The Bertz CT molecular complexity index is 847. The van der Waals surface area contributed by atoms with Crippen molar-refractivity contribution in [1.29, 1.82) is 0 Å². The number of carbonyl (C=O) groups excluding carboxylic acids is 3. The number of ether oxygens (including phenoxy) is 1. The highest BCUT2D eigenvalue weighted by atomic mass is 16.5. The van der Waals surface area contributed by atoms with Crippen molar-refractivity contribution >= 4 is 23.5 Å². The number of nitrogens with one attached hydrogen (secondary N) is 2. The monoisotopic (exact) mass is 386 g/mol. The smallest absolute Gasteiger partial charge is 0.340 e. The van der Waals surface area contributed by atoms with Gasteiger partial charge < -0.3 is 10.1 Å². The van der Waals surface area contributed by atoms with Crippen LogP contribution in [0.1, 0.15) is 55.1 Å². The van der Waals surface area contributed by atoms with E-state index in [9.17, 15) is 14.4 Å². The van der Waals surface area contributed by atoms with Gasteiger partial charge in [-0.1, -0.05) is 37.6 Å². The minimum absolute atomic E-state index is 0.00532. The van der Waals surface area contributed by atoms with Gasteiger partial charge in [0.1, 0.15) is 0 Å². The van der Waals surface area contributed by atoms with Crippen LogP contribution < -0.4 is 10.8 Å². The van der Waals surface area contributed by atoms with E-state index in [-0.39, 0.29) is 18.9 Å². The number of hydrogen-bond acceptors (Lipinski definition) is 5. The van der Waals surface area contributed by atoms with Gasteiger partial charge in [0.25, 0.3) is 0 Å². The van der Waals surface area contributed by atoms with Crippen LogP contribution in [0, 0.1) is 0 Å². The lowest BCUT2D eigenvalue weighted by Crippen LogP contribution is -2.20. The van der Waals surface area contributed by atoms with Gasteiger partial charge in [-0.05, 0) is 42.0 Å². The summed E-state index contributed by atoms with van der Waals surface area (Å²) in [7, 11) is 0. The standard InChI is InChI=1S/C21H26N2O5/c1-4-6-7-17-15-10-8-14(12-18(25)23-27)9-11-16(15)19(21(26)28-5-2)20(17)22-13(3)24/h8-11,27H,4-7,12H2,1-3H3,(H,22,24)(H,23,25). The molecule has 2 aliphatic rings. The largest absolute Gasteiger partial charge is 0.462 e. The third-order valence-electron chi connectivity index (χ3n) is 4.41. The van der Waals surface area contributed by atoms with Gasteiger partial charge in [0, 0.05) is 6.92 Å². The number of esters is 1. The Balaban J connectivity index is 2.69. The fraction of sp³-hybridized carbons (Fsp3) is 0.381. The number of hydrogen-bond donors (Lipinski definition) is 3. The highest BCUT2D eigenvalue weighted by Crippen LogP contribution is 2.41. The average molecular weight is 386 g/mol. The second-order valence-corrected chi connectivity index (χ2v) is 6.51. The molecule has 0 aromatic carbocycles. The first-order valence-corrected chi connectivity index (χ1v) is 9.38. The predicted octanol–water partition coefficient (Wildman–Crippen LogP) is 3.32. The molecule has 7 nitrogen and oxygen atoms in total. The zero-order valence-electron chi connectivity index (χ0n) is 16.4. The van der Waals surface area contributed by atoms with Crippen LogP contribution in [-0.2, 0) is 27.2 Å². The third-order valence-corrected chi connectivity index (χ3v) is 4.41. The molecular weight excluding hydrogens is 360 g/mol. The summed E-state index contributed by atoms with van der Waals surface area (Å²) < 4.78 is 5.23. The fourth-order valence-corrected chi connectivity index (χ4v) is 3.20. The van der Waals surface area contributed by atoms with Gasteiger partial charge >= 0.3 is 5.97 Å². The number of amides is 2. The lowest BCUT2D eigenvalue weighted by molar-refractivity contribution is -0.128. The van der Waals surface area contributed by atoms with Crippen molar-refractivity contribution in [1.82, 2.24) is 5.48 Å². The van der Waals surface area contributed by atoms with Crippen LogP contribution in [0.25, 0.3) is 11.1 Å². The Morgan fingerprint density at radius 1 is 1.07 bits per heavy atom. The molecule has 0 saturated heterocycles. The molecule has 2 amide bonds. The summed E-state index contributed by atoms with van der Waals surface area (Å²) in [5.74, 6) is -1.29. The molecule has 28 heavy (non-hydrogen) atoms. The molecule has 0 radical (unpaired) electrons. The summed E-state index contributed by atoms with van der Waals surface area (Å²) in [5, 5.41) is 11.6. The molecule has 3 N–H and O–H groups in total. The molecule has 0 saturated carbocycles. The maximum absolute atomic E-state index is 12.7. The lowest BCUT2D eigenvalue weighted by atomic mass is 10.0. The minimum Gasteiger partial charge on any atom is -0.462 e. The molecule has 2 rings (SSSR count). The Hall–Kier alpha value is -2.93. The molecule has 0 atom stereocenters. The highest BCUT2D eigenvalue weighted by molar-refractivity contribution is 6.10. The van der Waals surface area contributed by atoms with Crippen LogP contribution in [-0.4, -0.2) is 29.6 Å². The minimum atomic E-state index is -0.526. The molecule has 150 valence electrons. The molecule has 0 fully saturated rings. The van der Waals surface area contributed by atoms with E-state index in [0.29, 0.717) is 28.8 Å². The Kier molecular flexibility index (Phi) is 7.52. The van der Waals surface area contributed by atoms with E-state index in [1.807, 2.05) is 6.07 Å². The van der Waals surface area contributed by atoms with Gasteiger partial charge in [-0.2, -0.15) is 0 Å². The zero-order chi connectivity index (χ0) is 20.7. The second-order valence-electron chi connectivity index (χ2n) is 6.51. The first-order chi connectivity index (χ1) is 13.4. The number of anilines is 1. The third kappa shape index (κ3) is 4.86. The normalized spacial score (nSPS) is 10.6. The molecule has 0 aromatic rings. The van der Waals surface area contributed by atoms with Crippen LogP contribution in [0.5, 0.6) is 0 Å². The number of fused-ring (bicyclic) bond motifs is 1. The van der Waals surface area contributed by atoms with E-state index in [1.54, 1.807) is 30.6 Å². The summed E-state index contributed by atoms with van der Waals surface area (Å²) in [6.07, 6.45) is 2.55. The van der Waals surface area contributed by atoms with Gasteiger partial charge in [0.2, 0.25) is 11.8 Å². The van der Waals surface area contributed by atoms with Gasteiger partial charge in [-0.15, -0.1) is 0 Å². The quantitative estimate of drug-likeness (QED) is 0.367. The Morgan fingerprint density at radius 3 is 2.32 bits per heavy atom. The zero-order valence-corrected chi connectivity index (χ0v) is 16.4. The summed E-state index contributed by atoms with van der Waals surface area (Å²) in [6.45, 7) is 5.42. The molecule has 2 aliphatic carbocycles. The Labute approximate surface area is 164 Å². The van der Waals surface area contributed by atoms with E-state index in [4.69, 9.17) is 9.94 Å². The number of hydroxylamine groups is 1. The van der Waals surface area contributed by atoms with Gasteiger partial charge in [-0.3, -0.25) is 14.8 Å². The topological polar surface area (TPSA) is 105 Å². The number of unbranched alkanes of at least 4 members (excludes halogenated alkanes) is 1. The molecule has 7 heteroatoms. The average Bonchev–Trinajstić information content (AvgIpc) is 2.78.